The van der Waals surface area contributed by atoms with Crippen LogP contribution in [0.1, 0.15) is 27.3 Å². The van der Waals surface area contributed by atoms with Crippen molar-refractivity contribution in [2.24, 2.45) is 0 Å². The van der Waals surface area contributed by atoms with Crippen LogP contribution < -0.4 is 4.90 Å². The molecule has 1 aliphatic heterocycles. The largest absolute Gasteiger partial charge is 0.467 e. The van der Waals surface area contributed by atoms with Gasteiger partial charge in [-0.1, -0.05) is 30.3 Å². The van der Waals surface area contributed by atoms with E-state index in [9.17, 15) is 9.59 Å². The van der Waals surface area contributed by atoms with E-state index in [4.69, 9.17) is 4.74 Å². The standard InChI is InChI=1S/C24H26N4O3/c1-26(2)19-11-9-18(10-12-19)23(29)28-15-22-20(13-21(28)24(30)31-3)25-16-27(22)14-17-7-5-4-6-8-17/h4-12,16,21H,13-15H2,1-3H3. The van der Waals surface area contributed by atoms with Crippen molar-refractivity contribution in [2.75, 3.05) is 26.1 Å². The maximum absolute atomic E-state index is 13.4. The average Bonchev–Trinajstić information content (AvgIpc) is 3.19. The van der Waals surface area contributed by atoms with E-state index < -0.39 is 12.0 Å². The summed E-state index contributed by atoms with van der Waals surface area (Å²) in [7, 11) is 5.24. The van der Waals surface area contributed by atoms with Gasteiger partial charge < -0.3 is 19.1 Å². The van der Waals surface area contributed by atoms with Gasteiger partial charge in [0.25, 0.3) is 5.91 Å². The average molecular weight is 418 g/mol. The fourth-order valence-corrected chi connectivity index (χ4v) is 3.91. The Morgan fingerprint density at radius 3 is 2.45 bits per heavy atom. The minimum Gasteiger partial charge on any atom is -0.467 e. The molecular weight excluding hydrogens is 392 g/mol. The molecule has 1 aliphatic rings. The molecule has 0 radical (unpaired) electrons. The van der Waals surface area contributed by atoms with Crippen LogP contribution in [0.25, 0.3) is 0 Å². The summed E-state index contributed by atoms with van der Waals surface area (Å²) in [5.41, 5.74) is 4.47. The van der Waals surface area contributed by atoms with Crippen LogP contribution in [0, 0.1) is 0 Å². The van der Waals surface area contributed by atoms with Crippen molar-refractivity contribution in [3.8, 4) is 0 Å². The lowest BCUT2D eigenvalue weighted by atomic mass is 10.0. The number of benzene rings is 2. The molecule has 0 aliphatic carbocycles. The summed E-state index contributed by atoms with van der Waals surface area (Å²) >= 11 is 0. The molecule has 2 heterocycles. The molecule has 3 aromatic rings. The van der Waals surface area contributed by atoms with E-state index in [0.717, 1.165) is 22.6 Å². The third-order valence-corrected chi connectivity index (χ3v) is 5.68. The molecule has 1 aromatic heterocycles. The number of fused-ring (bicyclic) bond motifs is 1. The van der Waals surface area contributed by atoms with Crippen LogP contribution in [0.3, 0.4) is 0 Å². The van der Waals surface area contributed by atoms with Crippen LogP contribution in [-0.4, -0.2) is 53.6 Å². The van der Waals surface area contributed by atoms with Crippen LogP contribution in [0.4, 0.5) is 5.69 Å². The van der Waals surface area contributed by atoms with Crippen LogP contribution in [0.5, 0.6) is 0 Å². The number of nitrogens with zero attached hydrogens (tertiary/aromatic N) is 4. The summed E-state index contributed by atoms with van der Waals surface area (Å²) in [5, 5.41) is 0. The van der Waals surface area contributed by atoms with E-state index in [1.807, 2.05) is 53.9 Å². The quantitative estimate of drug-likeness (QED) is 0.596. The molecule has 0 N–H and O–H groups in total. The fraction of sp³-hybridized carbons (Fsp3) is 0.292. The highest BCUT2D eigenvalue weighted by atomic mass is 16.5. The number of imidazole rings is 1. The van der Waals surface area contributed by atoms with Crippen LogP contribution in [0.2, 0.25) is 0 Å². The van der Waals surface area contributed by atoms with Gasteiger partial charge in [0.05, 0.1) is 31.4 Å². The Balaban J connectivity index is 1.64. The Morgan fingerprint density at radius 1 is 1.10 bits per heavy atom. The van der Waals surface area contributed by atoms with E-state index in [2.05, 4.69) is 17.1 Å². The fourth-order valence-electron chi connectivity index (χ4n) is 3.91. The predicted octanol–water partition coefficient (Wildman–Crippen LogP) is 2.74. The molecule has 0 fully saturated rings. The first kappa shape index (κ1) is 20.7. The zero-order chi connectivity index (χ0) is 22.0. The first-order valence-electron chi connectivity index (χ1n) is 10.2. The van der Waals surface area contributed by atoms with E-state index in [1.54, 1.807) is 23.4 Å². The maximum atomic E-state index is 13.4. The third kappa shape index (κ3) is 4.17. The van der Waals surface area contributed by atoms with Gasteiger partial charge in [0.2, 0.25) is 0 Å². The molecule has 0 saturated carbocycles. The SMILES string of the molecule is COC(=O)C1Cc2ncn(Cc3ccccc3)c2CN1C(=O)c1ccc(N(C)C)cc1. The second kappa shape index (κ2) is 8.63. The number of carbonyl (C=O) groups is 2. The van der Waals surface area contributed by atoms with Crippen LogP contribution in [-0.2, 0) is 29.0 Å². The normalized spacial score (nSPS) is 15.3. The van der Waals surface area contributed by atoms with Crippen molar-refractivity contribution < 1.29 is 14.3 Å². The topological polar surface area (TPSA) is 67.7 Å². The molecule has 31 heavy (non-hydrogen) atoms. The number of hydrogen-bond acceptors (Lipinski definition) is 5. The van der Waals surface area contributed by atoms with E-state index in [1.165, 1.54) is 7.11 Å². The molecule has 0 bridgehead atoms. The Labute approximate surface area is 181 Å². The molecule has 1 amide bonds. The monoisotopic (exact) mass is 418 g/mol. The summed E-state index contributed by atoms with van der Waals surface area (Å²) in [4.78, 5) is 34.0. The Hall–Kier alpha value is -3.61. The highest BCUT2D eigenvalue weighted by Crippen LogP contribution is 2.26. The van der Waals surface area contributed by atoms with Gasteiger partial charge in [-0.05, 0) is 29.8 Å². The summed E-state index contributed by atoms with van der Waals surface area (Å²) in [6.07, 6.45) is 2.12. The number of carbonyl (C=O) groups excluding carboxylic acids is 2. The zero-order valence-electron chi connectivity index (χ0n) is 18.0. The molecule has 1 unspecified atom stereocenters. The van der Waals surface area contributed by atoms with Crippen molar-refractivity contribution in [3.63, 3.8) is 0 Å². The van der Waals surface area contributed by atoms with Gasteiger partial charge in [-0.25, -0.2) is 9.78 Å². The third-order valence-electron chi connectivity index (χ3n) is 5.68. The predicted molar refractivity (Wildman–Crippen MR) is 118 cm³/mol. The van der Waals surface area contributed by atoms with Gasteiger partial charge >= 0.3 is 5.97 Å². The van der Waals surface area contributed by atoms with Gasteiger partial charge in [0.15, 0.2) is 0 Å². The van der Waals surface area contributed by atoms with Crippen molar-refractivity contribution in [1.82, 2.24) is 14.5 Å². The van der Waals surface area contributed by atoms with Gasteiger partial charge in [0, 0.05) is 38.3 Å². The summed E-state index contributed by atoms with van der Waals surface area (Å²) < 4.78 is 7.05. The Kier molecular flexibility index (Phi) is 5.75. The molecule has 0 saturated heterocycles. The van der Waals surface area contributed by atoms with Crippen molar-refractivity contribution in [3.05, 3.63) is 83.4 Å². The van der Waals surface area contributed by atoms with Crippen LogP contribution >= 0.6 is 0 Å². The van der Waals surface area contributed by atoms with Crippen molar-refractivity contribution in [2.45, 2.75) is 25.6 Å². The summed E-state index contributed by atoms with van der Waals surface area (Å²) in [6, 6.07) is 16.8. The van der Waals surface area contributed by atoms with Crippen molar-refractivity contribution >= 4 is 17.6 Å². The zero-order valence-corrected chi connectivity index (χ0v) is 18.0. The number of amides is 1. The van der Waals surface area contributed by atoms with Crippen molar-refractivity contribution in [1.29, 1.82) is 0 Å². The smallest absolute Gasteiger partial charge is 0.329 e. The first-order valence-corrected chi connectivity index (χ1v) is 10.2. The van der Waals surface area contributed by atoms with E-state index >= 15 is 0 Å². The number of anilines is 1. The van der Waals surface area contributed by atoms with E-state index in [-0.39, 0.29) is 5.91 Å². The second-order valence-electron chi connectivity index (χ2n) is 7.87. The lowest BCUT2D eigenvalue weighted by Crippen LogP contribution is -2.49. The minimum absolute atomic E-state index is 0.196. The number of rotatable bonds is 5. The lowest BCUT2D eigenvalue weighted by Gasteiger charge is -2.34. The van der Waals surface area contributed by atoms with Gasteiger partial charge in [-0.3, -0.25) is 4.79 Å². The first-order chi connectivity index (χ1) is 15.0. The lowest BCUT2D eigenvalue weighted by molar-refractivity contribution is -0.146. The molecule has 7 heteroatoms. The van der Waals surface area contributed by atoms with Crippen LogP contribution in [0.15, 0.2) is 60.9 Å². The maximum Gasteiger partial charge on any atom is 0.329 e. The number of aromatic nitrogens is 2. The summed E-state index contributed by atoms with van der Waals surface area (Å²) in [6.45, 7) is 0.960. The number of ether oxygens (including phenoxy) is 1. The van der Waals surface area contributed by atoms with Gasteiger partial charge in [-0.15, -0.1) is 0 Å². The second-order valence-corrected chi connectivity index (χ2v) is 7.87. The van der Waals surface area contributed by atoms with E-state index in [0.29, 0.717) is 25.1 Å². The molecule has 160 valence electrons. The van der Waals surface area contributed by atoms with Gasteiger partial charge in [-0.2, -0.15) is 0 Å². The number of esters is 1. The summed E-state index contributed by atoms with van der Waals surface area (Å²) in [5.74, 6) is -0.625. The molecule has 0 spiro atoms. The molecule has 2 aromatic carbocycles. The molecule has 4 rings (SSSR count). The number of methoxy groups -OCH3 is 1. The Morgan fingerprint density at radius 2 is 1.81 bits per heavy atom. The Bertz CT molecular complexity index is 1070. The minimum atomic E-state index is -0.696. The molecule has 7 nitrogen and oxygen atoms in total. The molecular formula is C24H26N4O3. The number of hydrogen-bond donors (Lipinski definition) is 0. The highest BCUT2D eigenvalue weighted by Gasteiger charge is 2.38. The molecule has 1 atom stereocenters. The van der Waals surface area contributed by atoms with Gasteiger partial charge in [0.1, 0.15) is 6.04 Å². The highest BCUT2D eigenvalue weighted by molar-refractivity contribution is 5.97.